The Kier molecular flexibility index (Phi) is 3.90. The second kappa shape index (κ2) is 5.66. The molecule has 20 heavy (non-hydrogen) atoms. The molecule has 2 nitrogen and oxygen atoms in total. The number of aromatic nitrogens is 1. The van der Waals surface area contributed by atoms with Crippen molar-refractivity contribution >= 4 is 11.3 Å². The summed E-state index contributed by atoms with van der Waals surface area (Å²) in [4.78, 5) is 5.51. The average molecular weight is 287 g/mol. The van der Waals surface area contributed by atoms with Gasteiger partial charge in [0.2, 0.25) is 0 Å². The fourth-order valence-electron chi connectivity index (χ4n) is 3.09. The summed E-state index contributed by atoms with van der Waals surface area (Å²) in [6.07, 6.45) is 7.92. The van der Waals surface area contributed by atoms with Gasteiger partial charge in [-0.3, -0.25) is 0 Å². The lowest BCUT2D eigenvalue weighted by molar-refractivity contribution is -0.0184. The lowest BCUT2D eigenvalue weighted by Gasteiger charge is -2.34. The van der Waals surface area contributed by atoms with E-state index >= 15 is 0 Å². The van der Waals surface area contributed by atoms with Crippen molar-refractivity contribution in [2.24, 2.45) is 5.92 Å². The van der Waals surface area contributed by atoms with Crippen molar-refractivity contribution in [3.8, 4) is 10.6 Å². The van der Waals surface area contributed by atoms with Gasteiger partial charge < -0.3 is 5.11 Å². The van der Waals surface area contributed by atoms with Gasteiger partial charge in [0.1, 0.15) is 10.6 Å². The molecule has 1 atom stereocenters. The smallest absolute Gasteiger partial charge is 0.123 e. The Morgan fingerprint density at radius 2 is 1.85 bits per heavy atom. The molecule has 1 fully saturated rings. The molecule has 0 spiro atoms. The van der Waals surface area contributed by atoms with Crippen LogP contribution in [0.2, 0.25) is 0 Å². The van der Waals surface area contributed by atoms with Crippen molar-refractivity contribution in [3.05, 3.63) is 41.4 Å². The van der Waals surface area contributed by atoms with Gasteiger partial charge in [0.25, 0.3) is 0 Å². The molecule has 1 N–H and O–H groups in total. The molecule has 1 aliphatic carbocycles. The van der Waals surface area contributed by atoms with Gasteiger partial charge in [-0.1, -0.05) is 49.6 Å². The molecular formula is C17H21NOS. The molecule has 0 radical (unpaired) electrons. The first-order valence-electron chi connectivity index (χ1n) is 7.42. The quantitative estimate of drug-likeness (QED) is 0.895. The van der Waals surface area contributed by atoms with Gasteiger partial charge in [-0.2, -0.15) is 0 Å². The maximum Gasteiger partial charge on any atom is 0.123 e. The Labute approximate surface area is 124 Å². The number of nitrogens with zero attached hydrogens (tertiary/aromatic N) is 1. The molecule has 0 aliphatic heterocycles. The third kappa shape index (κ3) is 2.65. The molecule has 0 amide bonds. The summed E-state index contributed by atoms with van der Waals surface area (Å²) in [5.74, 6) is 0.375. The van der Waals surface area contributed by atoms with E-state index in [2.05, 4.69) is 17.1 Å². The van der Waals surface area contributed by atoms with Crippen LogP contribution in [0.4, 0.5) is 0 Å². The van der Waals surface area contributed by atoms with Crippen molar-refractivity contribution in [2.45, 2.75) is 44.6 Å². The van der Waals surface area contributed by atoms with E-state index in [4.69, 9.17) is 0 Å². The number of rotatable bonds is 3. The molecule has 1 unspecified atom stereocenters. The zero-order valence-corrected chi connectivity index (χ0v) is 12.7. The molecule has 1 saturated carbocycles. The number of thiazole rings is 1. The zero-order valence-electron chi connectivity index (χ0n) is 11.9. The summed E-state index contributed by atoms with van der Waals surface area (Å²) in [5.41, 5.74) is 0.397. The third-order valence-electron chi connectivity index (χ3n) is 4.43. The summed E-state index contributed by atoms with van der Waals surface area (Å²) < 4.78 is 0. The molecule has 1 heterocycles. The van der Waals surface area contributed by atoms with E-state index in [1.54, 1.807) is 11.3 Å². The van der Waals surface area contributed by atoms with Crippen LogP contribution in [0.5, 0.6) is 0 Å². The van der Waals surface area contributed by atoms with E-state index in [1.807, 2.05) is 31.3 Å². The van der Waals surface area contributed by atoms with Crippen LogP contribution in [-0.4, -0.2) is 10.1 Å². The van der Waals surface area contributed by atoms with Crippen LogP contribution in [0, 0.1) is 5.92 Å². The average Bonchev–Trinajstić information content (AvgIpc) is 3.00. The van der Waals surface area contributed by atoms with Crippen molar-refractivity contribution in [2.75, 3.05) is 0 Å². The first-order chi connectivity index (χ1) is 9.68. The highest BCUT2D eigenvalue weighted by molar-refractivity contribution is 7.15. The Hall–Kier alpha value is -1.19. The maximum absolute atomic E-state index is 10.9. The topological polar surface area (TPSA) is 33.1 Å². The van der Waals surface area contributed by atoms with Crippen molar-refractivity contribution in [1.82, 2.24) is 4.98 Å². The monoisotopic (exact) mass is 287 g/mol. The fraction of sp³-hybridized carbons (Fsp3) is 0.471. The van der Waals surface area contributed by atoms with Crippen molar-refractivity contribution in [3.63, 3.8) is 0 Å². The SMILES string of the molecule is CC(O)(c1cnc(-c2ccccc2)s1)C1CCCCC1. The zero-order chi connectivity index (χ0) is 14.0. The molecule has 3 rings (SSSR count). The van der Waals surface area contributed by atoms with Gasteiger partial charge in [-0.05, 0) is 25.7 Å². The van der Waals surface area contributed by atoms with Gasteiger partial charge in [-0.15, -0.1) is 11.3 Å². The second-order valence-corrected chi connectivity index (χ2v) is 6.91. The summed E-state index contributed by atoms with van der Waals surface area (Å²) in [6.45, 7) is 1.96. The summed E-state index contributed by atoms with van der Waals surface area (Å²) in [7, 11) is 0. The van der Waals surface area contributed by atoms with Crippen LogP contribution >= 0.6 is 11.3 Å². The van der Waals surface area contributed by atoms with Crippen molar-refractivity contribution in [1.29, 1.82) is 0 Å². The van der Waals surface area contributed by atoms with Gasteiger partial charge in [0.15, 0.2) is 0 Å². The second-order valence-electron chi connectivity index (χ2n) is 5.88. The highest BCUT2D eigenvalue weighted by Crippen LogP contribution is 2.42. The minimum atomic E-state index is -0.731. The van der Waals surface area contributed by atoms with Crippen LogP contribution in [0.15, 0.2) is 36.5 Å². The summed E-state index contributed by atoms with van der Waals surface area (Å²) in [6, 6.07) is 10.2. The molecule has 3 heteroatoms. The molecular weight excluding hydrogens is 266 g/mol. The lowest BCUT2D eigenvalue weighted by Crippen LogP contribution is -2.32. The van der Waals surface area contributed by atoms with E-state index in [1.165, 1.54) is 19.3 Å². The Morgan fingerprint density at radius 3 is 2.55 bits per heavy atom. The number of hydrogen-bond donors (Lipinski definition) is 1. The van der Waals surface area contributed by atoms with Gasteiger partial charge in [-0.25, -0.2) is 4.98 Å². The Bertz CT molecular complexity index is 555. The summed E-state index contributed by atoms with van der Waals surface area (Å²) in [5, 5.41) is 11.9. The number of hydrogen-bond acceptors (Lipinski definition) is 3. The minimum Gasteiger partial charge on any atom is -0.384 e. The third-order valence-corrected chi connectivity index (χ3v) is 5.70. The molecule has 2 aromatic rings. The molecule has 106 valence electrons. The highest BCUT2D eigenvalue weighted by atomic mass is 32.1. The first kappa shape index (κ1) is 13.8. The van der Waals surface area contributed by atoms with E-state index < -0.39 is 5.60 Å². The van der Waals surface area contributed by atoms with Gasteiger partial charge in [0, 0.05) is 11.8 Å². The van der Waals surface area contributed by atoms with Crippen LogP contribution in [0.3, 0.4) is 0 Å². The van der Waals surface area contributed by atoms with E-state index in [-0.39, 0.29) is 0 Å². The van der Waals surface area contributed by atoms with Crippen LogP contribution in [0.1, 0.15) is 43.9 Å². The number of aliphatic hydroxyl groups is 1. The number of benzene rings is 1. The predicted molar refractivity (Wildman–Crippen MR) is 83.7 cm³/mol. The van der Waals surface area contributed by atoms with Crippen LogP contribution in [0.25, 0.3) is 10.6 Å². The fourth-order valence-corrected chi connectivity index (χ4v) is 4.13. The largest absolute Gasteiger partial charge is 0.384 e. The highest BCUT2D eigenvalue weighted by Gasteiger charge is 2.36. The molecule has 1 aliphatic rings. The maximum atomic E-state index is 10.9. The minimum absolute atomic E-state index is 0.375. The Balaban J connectivity index is 1.85. The molecule has 0 saturated heterocycles. The molecule has 1 aromatic carbocycles. The normalized spacial score (nSPS) is 19.7. The van der Waals surface area contributed by atoms with Crippen LogP contribution < -0.4 is 0 Å². The van der Waals surface area contributed by atoms with E-state index in [9.17, 15) is 5.11 Å². The lowest BCUT2D eigenvalue weighted by atomic mass is 9.77. The molecule has 1 aromatic heterocycles. The standard InChI is InChI=1S/C17H21NOS/c1-17(19,14-10-6-3-7-11-14)15-12-18-16(20-15)13-8-4-2-5-9-13/h2,4-5,8-9,12,14,19H,3,6-7,10-11H2,1H3. The van der Waals surface area contributed by atoms with E-state index in [0.29, 0.717) is 5.92 Å². The van der Waals surface area contributed by atoms with Crippen LogP contribution in [-0.2, 0) is 5.60 Å². The van der Waals surface area contributed by atoms with Crippen molar-refractivity contribution < 1.29 is 5.11 Å². The predicted octanol–water partition coefficient (Wildman–Crippen LogP) is 4.60. The molecule has 0 bridgehead atoms. The summed E-state index contributed by atoms with van der Waals surface area (Å²) >= 11 is 1.63. The van der Waals surface area contributed by atoms with E-state index in [0.717, 1.165) is 28.3 Å². The first-order valence-corrected chi connectivity index (χ1v) is 8.23. The van der Waals surface area contributed by atoms with Gasteiger partial charge >= 0.3 is 0 Å². The van der Waals surface area contributed by atoms with Gasteiger partial charge in [0.05, 0.1) is 4.88 Å². The Morgan fingerprint density at radius 1 is 1.15 bits per heavy atom.